The normalized spacial score (nSPS) is 9.96. The molecule has 0 spiro atoms. The molecular weight excluding hydrogens is 340 g/mol. The topological polar surface area (TPSA) is 106 Å². The van der Waals surface area contributed by atoms with Crippen LogP contribution in [-0.4, -0.2) is 37.8 Å². The van der Waals surface area contributed by atoms with Gasteiger partial charge in [0.2, 0.25) is 0 Å². The van der Waals surface area contributed by atoms with Crippen molar-refractivity contribution in [2.75, 3.05) is 20.8 Å². The second-order valence-corrected chi connectivity index (χ2v) is 5.22. The third-order valence-corrected chi connectivity index (χ3v) is 3.52. The van der Waals surface area contributed by atoms with Gasteiger partial charge in [-0.25, -0.2) is 5.48 Å². The van der Waals surface area contributed by atoms with E-state index in [2.05, 4.69) is 5.32 Å². The number of rotatable bonds is 8. The molecule has 2 aromatic rings. The summed E-state index contributed by atoms with van der Waals surface area (Å²) in [6.07, 6.45) is 0. The maximum atomic E-state index is 12.2. The van der Waals surface area contributed by atoms with Crippen molar-refractivity contribution in [2.24, 2.45) is 0 Å². The molecule has 0 unspecified atom stereocenters. The van der Waals surface area contributed by atoms with Gasteiger partial charge in [-0.2, -0.15) is 0 Å². The van der Waals surface area contributed by atoms with Crippen LogP contribution in [0.1, 0.15) is 15.9 Å². The molecule has 138 valence electrons. The molecular formula is C18H20N2O6. The minimum absolute atomic E-state index is 0.216. The number of ether oxygens (including phenoxy) is 3. The van der Waals surface area contributed by atoms with E-state index in [1.54, 1.807) is 49.6 Å². The lowest BCUT2D eigenvalue weighted by molar-refractivity contribution is -0.131. The number of hydrogen-bond donors (Lipinski definition) is 3. The van der Waals surface area contributed by atoms with Crippen LogP contribution >= 0.6 is 0 Å². The summed E-state index contributed by atoms with van der Waals surface area (Å²) in [6, 6.07) is 11.8. The first-order chi connectivity index (χ1) is 12.6. The molecule has 2 rings (SSSR count). The Morgan fingerprint density at radius 1 is 1.00 bits per heavy atom. The first-order valence-electron chi connectivity index (χ1n) is 7.72. The Morgan fingerprint density at radius 3 is 2.35 bits per heavy atom. The van der Waals surface area contributed by atoms with Crippen molar-refractivity contribution in [1.29, 1.82) is 0 Å². The van der Waals surface area contributed by atoms with E-state index < -0.39 is 5.91 Å². The summed E-state index contributed by atoms with van der Waals surface area (Å²) >= 11 is 0. The summed E-state index contributed by atoms with van der Waals surface area (Å²) in [7, 11) is 3.03. The van der Waals surface area contributed by atoms with Crippen molar-refractivity contribution in [3.05, 3.63) is 53.6 Å². The molecule has 0 bridgehead atoms. The van der Waals surface area contributed by atoms with Crippen molar-refractivity contribution in [2.45, 2.75) is 6.54 Å². The monoisotopic (exact) mass is 360 g/mol. The van der Waals surface area contributed by atoms with Gasteiger partial charge >= 0.3 is 0 Å². The molecule has 2 amide bonds. The predicted octanol–water partition coefficient (Wildman–Crippen LogP) is 1.52. The van der Waals surface area contributed by atoms with Crippen LogP contribution in [0.25, 0.3) is 0 Å². The van der Waals surface area contributed by atoms with Gasteiger partial charge in [0.15, 0.2) is 18.1 Å². The van der Waals surface area contributed by atoms with Crippen LogP contribution < -0.4 is 25.0 Å². The van der Waals surface area contributed by atoms with E-state index in [4.69, 9.17) is 19.4 Å². The van der Waals surface area contributed by atoms with E-state index in [9.17, 15) is 9.59 Å². The second-order valence-electron chi connectivity index (χ2n) is 5.22. The van der Waals surface area contributed by atoms with E-state index >= 15 is 0 Å². The fourth-order valence-electron chi connectivity index (χ4n) is 2.14. The van der Waals surface area contributed by atoms with Crippen molar-refractivity contribution in [3.8, 4) is 17.2 Å². The maximum absolute atomic E-state index is 12.2. The Balaban J connectivity index is 1.98. The van der Waals surface area contributed by atoms with Gasteiger partial charge in [-0.3, -0.25) is 14.8 Å². The van der Waals surface area contributed by atoms with Gasteiger partial charge in [-0.05, 0) is 42.0 Å². The van der Waals surface area contributed by atoms with E-state index in [-0.39, 0.29) is 12.5 Å². The number of benzene rings is 2. The molecule has 0 aliphatic heterocycles. The Bertz CT molecular complexity index is 761. The van der Waals surface area contributed by atoms with Crippen LogP contribution in [0.2, 0.25) is 0 Å². The zero-order chi connectivity index (χ0) is 18.9. The fourth-order valence-corrected chi connectivity index (χ4v) is 2.14. The standard InChI is InChI=1S/C18H20N2O6/c1-24-14-6-4-13(5-7-14)18(22)19-10-12-3-8-15(16(9-12)25-2)26-11-17(21)20-23/h3-9,23H,10-11H2,1-2H3,(H,19,22)(H,20,21). The van der Waals surface area contributed by atoms with Crippen molar-refractivity contribution >= 4 is 11.8 Å². The number of carbonyl (C=O) groups excluding carboxylic acids is 2. The molecule has 0 aliphatic carbocycles. The molecule has 8 nitrogen and oxygen atoms in total. The molecule has 0 heterocycles. The number of hydrogen-bond acceptors (Lipinski definition) is 6. The molecule has 26 heavy (non-hydrogen) atoms. The average Bonchev–Trinajstić information content (AvgIpc) is 2.70. The Labute approximate surface area is 150 Å². The molecule has 3 N–H and O–H groups in total. The van der Waals surface area contributed by atoms with Gasteiger partial charge in [-0.1, -0.05) is 6.07 Å². The van der Waals surface area contributed by atoms with E-state index in [1.165, 1.54) is 12.6 Å². The van der Waals surface area contributed by atoms with Crippen LogP contribution in [0, 0.1) is 0 Å². The number of methoxy groups -OCH3 is 2. The summed E-state index contributed by atoms with van der Waals surface area (Å²) < 4.78 is 15.5. The van der Waals surface area contributed by atoms with Crippen molar-refractivity contribution in [3.63, 3.8) is 0 Å². The van der Waals surface area contributed by atoms with Crippen LogP contribution in [0.3, 0.4) is 0 Å². The lowest BCUT2D eigenvalue weighted by Gasteiger charge is -2.12. The number of carbonyl (C=O) groups is 2. The number of hydroxylamine groups is 1. The van der Waals surface area contributed by atoms with Crippen molar-refractivity contribution in [1.82, 2.24) is 10.8 Å². The lowest BCUT2D eigenvalue weighted by Crippen LogP contribution is -2.25. The van der Waals surface area contributed by atoms with E-state index in [0.29, 0.717) is 29.4 Å². The quantitative estimate of drug-likeness (QED) is 0.487. The molecule has 0 radical (unpaired) electrons. The highest BCUT2D eigenvalue weighted by Crippen LogP contribution is 2.28. The molecule has 0 atom stereocenters. The van der Waals surface area contributed by atoms with Crippen molar-refractivity contribution < 1.29 is 29.0 Å². The maximum Gasteiger partial charge on any atom is 0.281 e. The Hall–Kier alpha value is -3.26. The van der Waals surface area contributed by atoms with Gasteiger partial charge in [0.05, 0.1) is 14.2 Å². The highest BCUT2D eigenvalue weighted by Gasteiger charge is 2.10. The molecule has 0 saturated heterocycles. The Morgan fingerprint density at radius 2 is 1.73 bits per heavy atom. The Kier molecular flexibility index (Phi) is 6.81. The molecule has 0 aliphatic rings. The number of amides is 2. The summed E-state index contributed by atoms with van der Waals surface area (Å²) in [4.78, 5) is 23.2. The molecule has 8 heteroatoms. The van der Waals surface area contributed by atoms with Crippen LogP contribution in [0.4, 0.5) is 0 Å². The van der Waals surface area contributed by atoms with Gasteiger partial charge < -0.3 is 19.5 Å². The zero-order valence-electron chi connectivity index (χ0n) is 14.4. The average molecular weight is 360 g/mol. The SMILES string of the molecule is COc1ccc(C(=O)NCc2ccc(OCC(=O)NO)c(OC)c2)cc1. The summed E-state index contributed by atoms with van der Waals surface area (Å²) in [5.74, 6) is 0.541. The highest BCUT2D eigenvalue weighted by atomic mass is 16.5. The summed E-state index contributed by atoms with van der Waals surface area (Å²) in [6.45, 7) is -0.0565. The van der Waals surface area contributed by atoms with Gasteiger partial charge in [0, 0.05) is 12.1 Å². The van der Waals surface area contributed by atoms with Crippen LogP contribution in [0.15, 0.2) is 42.5 Å². The van der Waals surface area contributed by atoms with Crippen LogP contribution in [-0.2, 0) is 11.3 Å². The van der Waals surface area contributed by atoms with Crippen LogP contribution in [0.5, 0.6) is 17.2 Å². The van der Waals surface area contributed by atoms with Gasteiger partial charge in [-0.15, -0.1) is 0 Å². The smallest absolute Gasteiger partial charge is 0.281 e. The molecule has 0 aromatic heterocycles. The molecule has 2 aromatic carbocycles. The summed E-state index contributed by atoms with van der Waals surface area (Å²) in [5, 5.41) is 11.3. The molecule has 0 saturated carbocycles. The number of nitrogens with one attached hydrogen (secondary N) is 2. The van der Waals surface area contributed by atoms with E-state index in [0.717, 1.165) is 5.56 Å². The summed E-state index contributed by atoms with van der Waals surface area (Å²) in [5.41, 5.74) is 2.79. The fraction of sp³-hybridized carbons (Fsp3) is 0.222. The lowest BCUT2D eigenvalue weighted by atomic mass is 10.1. The first-order valence-corrected chi connectivity index (χ1v) is 7.72. The first kappa shape index (κ1) is 19.1. The highest BCUT2D eigenvalue weighted by molar-refractivity contribution is 5.94. The predicted molar refractivity (Wildman–Crippen MR) is 92.6 cm³/mol. The third kappa shape index (κ3) is 5.12. The second kappa shape index (κ2) is 9.28. The van der Waals surface area contributed by atoms with Gasteiger partial charge in [0.1, 0.15) is 5.75 Å². The zero-order valence-corrected chi connectivity index (χ0v) is 14.4. The third-order valence-electron chi connectivity index (χ3n) is 3.52. The minimum atomic E-state index is -0.678. The van der Waals surface area contributed by atoms with E-state index in [1.807, 2.05) is 0 Å². The largest absolute Gasteiger partial charge is 0.497 e. The van der Waals surface area contributed by atoms with Gasteiger partial charge in [0.25, 0.3) is 11.8 Å². The molecule has 0 fully saturated rings. The minimum Gasteiger partial charge on any atom is -0.497 e.